The molecule has 0 unspecified atom stereocenters. The van der Waals surface area contributed by atoms with Crippen molar-refractivity contribution in [3.8, 4) is 0 Å². The highest BCUT2D eigenvalue weighted by atomic mass is 32.2. The molecule has 0 atom stereocenters. The van der Waals surface area contributed by atoms with Crippen molar-refractivity contribution < 1.29 is 13.2 Å². The van der Waals surface area contributed by atoms with E-state index in [0.717, 1.165) is 4.31 Å². The van der Waals surface area contributed by atoms with E-state index in [1.165, 1.54) is 25.3 Å². The fraction of sp³-hybridized carbons (Fsp3) is 0.0667. The minimum atomic E-state index is -3.70. The number of carbonyl (C=O) groups is 1. The van der Waals surface area contributed by atoms with Gasteiger partial charge < -0.3 is 0 Å². The highest BCUT2D eigenvalue weighted by Crippen LogP contribution is 2.31. The molecular weight excluding hydrogens is 288 g/mol. The average molecular weight is 300 g/mol. The Morgan fingerprint density at radius 3 is 2.62 bits per heavy atom. The molecule has 3 rings (SSSR count). The SMILES string of the molecule is CN1C(=Cc2cccnc2)C(=O)c2ccccc2S1(=O)=O. The van der Waals surface area contributed by atoms with E-state index in [4.69, 9.17) is 0 Å². The maximum atomic E-state index is 12.5. The van der Waals surface area contributed by atoms with Gasteiger partial charge in [-0.1, -0.05) is 18.2 Å². The first-order chi connectivity index (χ1) is 10.0. The molecule has 21 heavy (non-hydrogen) atoms. The van der Waals surface area contributed by atoms with E-state index in [9.17, 15) is 13.2 Å². The average Bonchev–Trinajstić information content (AvgIpc) is 2.51. The number of benzene rings is 1. The van der Waals surface area contributed by atoms with Crippen molar-refractivity contribution in [1.82, 2.24) is 9.29 Å². The van der Waals surface area contributed by atoms with Crippen molar-refractivity contribution >= 4 is 21.9 Å². The van der Waals surface area contributed by atoms with Gasteiger partial charge in [0, 0.05) is 25.0 Å². The number of carbonyl (C=O) groups excluding carboxylic acids is 1. The number of likely N-dealkylation sites (N-methyl/N-ethyl adjacent to an activating group) is 1. The van der Waals surface area contributed by atoms with Crippen LogP contribution in [0.5, 0.6) is 0 Å². The lowest BCUT2D eigenvalue weighted by Crippen LogP contribution is -2.36. The lowest BCUT2D eigenvalue weighted by molar-refractivity contribution is 0.101. The van der Waals surface area contributed by atoms with Gasteiger partial charge >= 0.3 is 0 Å². The largest absolute Gasteiger partial charge is 0.287 e. The van der Waals surface area contributed by atoms with E-state index in [-0.39, 0.29) is 21.9 Å². The predicted molar refractivity (Wildman–Crippen MR) is 77.9 cm³/mol. The van der Waals surface area contributed by atoms with Crippen LogP contribution in [0.1, 0.15) is 15.9 Å². The Balaban J connectivity index is 2.22. The molecule has 1 aromatic heterocycles. The van der Waals surface area contributed by atoms with E-state index in [1.54, 1.807) is 36.7 Å². The van der Waals surface area contributed by atoms with E-state index < -0.39 is 10.0 Å². The summed E-state index contributed by atoms with van der Waals surface area (Å²) < 4.78 is 26.0. The minimum absolute atomic E-state index is 0.0424. The van der Waals surface area contributed by atoms with E-state index >= 15 is 0 Å². The number of Topliss-reactive ketones (excluding diaryl/α,β-unsaturated/α-hetero) is 1. The smallest absolute Gasteiger partial charge is 0.264 e. The number of rotatable bonds is 1. The second-order valence-electron chi connectivity index (χ2n) is 4.61. The first kappa shape index (κ1) is 13.5. The molecule has 0 saturated carbocycles. The van der Waals surface area contributed by atoms with Gasteiger partial charge in [-0.05, 0) is 29.8 Å². The maximum Gasteiger partial charge on any atom is 0.264 e. The van der Waals surface area contributed by atoms with Gasteiger partial charge in [0.05, 0.1) is 4.90 Å². The molecule has 5 nitrogen and oxygen atoms in total. The summed E-state index contributed by atoms with van der Waals surface area (Å²) in [5.41, 5.74) is 0.981. The molecule has 1 aliphatic rings. The zero-order chi connectivity index (χ0) is 15.0. The molecule has 1 aromatic carbocycles. The summed E-state index contributed by atoms with van der Waals surface area (Å²) in [6.07, 6.45) is 4.71. The molecule has 0 saturated heterocycles. The van der Waals surface area contributed by atoms with Crippen LogP contribution in [-0.4, -0.2) is 30.5 Å². The van der Waals surface area contributed by atoms with Gasteiger partial charge in [0.1, 0.15) is 5.70 Å². The first-order valence-corrected chi connectivity index (χ1v) is 7.70. The number of pyridine rings is 1. The van der Waals surface area contributed by atoms with Crippen LogP contribution in [0.25, 0.3) is 6.08 Å². The number of fused-ring (bicyclic) bond motifs is 1. The Labute approximate surface area is 122 Å². The molecule has 2 heterocycles. The molecule has 0 fully saturated rings. The van der Waals surface area contributed by atoms with Crippen molar-refractivity contribution in [2.24, 2.45) is 0 Å². The van der Waals surface area contributed by atoms with E-state index in [1.807, 2.05) is 0 Å². The number of nitrogens with zero attached hydrogens (tertiary/aromatic N) is 2. The van der Waals surface area contributed by atoms with Gasteiger partial charge in [-0.15, -0.1) is 0 Å². The Hall–Kier alpha value is -2.47. The number of hydrogen-bond acceptors (Lipinski definition) is 4. The summed E-state index contributed by atoms with van der Waals surface area (Å²) >= 11 is 0. The van der Waals surface area contributed by atoms with Gasteiger partial charge in [-0.25, -0.2) is 8.42 Å². The lowest BCUT2D eigenvalue weighted by Gasteiger charge is -2.27. The third-order valence-corrected chi connectivity index (χ3v) is 5.16. The highest BCUT2D eigenvalue weighted by molar-refractivity contribution is 7.89. The summed E-state index contributed by atoms with van der Waals surface area (Å²) in [5, 5.41) is 0. The van der Waals surface area contributed by atoms with Crippen molar-refractivity contribution in [1.29, 1.82) is 0 Å². The molecular formula is C15H12N2O3S. The summed E-state index contributed by atoms with van der Waals surface area (Å²) in [6, 6.07) is 9.71. The first-order valence-electron chi connectivity index (χ1n) is 6.26. The van der Waals surface area contributed by atoms with Crippen LogP contribution in [-0.2, 0) is 10.0 Å². The topological polar surface area (TPSA) is 67.3 Å². The van der Waals surface area contributed by atoms with E-state index in [2.05, 4.69) is 4.98 Å². The van der Waals surface area contributed by atoms with Gasteiger partial charge in [-0.3, -0.25) is 14.1 Å². The van der Waals surface area contributed by atoms with Crippen LogP contribution in [0.4, 0.5) is 0 Å². The molecule has 0 bridgehead atoms. The number of allylic oxidation sites excluding steroid dienone is 1. The van der Waals surface area contributed by atoms with Crippen molar-refractivity contribution in [2.75, 3.05) is 7.05 Å². The summed E-state index contributed by atoms with van der Waals surface area (Å²) in [7, 11) is -2.32. The normalized spacial score (nSPS) is 18.6. The number of ketones is 1. The second kappa shape index (κ2) is 4.82. The fourth-order valence-corrected chi connectivity index (χ4v) is 3.59. The standard InChI is InChI=1S/C15H12N2O3S/c1-17-13(9-11-5-4-8-16-10-11)15(18)12-6-2-3-7-14(12)21(17,19)20/h2-10H,1H3. The third kappa shape index (κ3) is 2.13. The lowest BCUT2D eigenvalue weighted by atomic mass is 10.1. The number of aromatic nitrogens is 1. The van der Waals surface area contributed by atoms with Crippen LogP contribution in [0.15, 0.2) is 59.4 Å². The van der Waals surface area contributed by atoms with Crippen LogP contribution < -0.4 is 0 Å². The van der Waals surface area contributed by atoms with E-state index in [0.29, 0.717) is 5.56 Å². The Kier molecular flexibility index (Phi) is 3.10. The Morgan fingerprint density at radius 1 is 1.14 bits per heavy atom. The maximum absolute atomic E-state index is 12.5. The van der Waals surface area contributed by atoms with Crippen LogP contribution in [0.3, 0.4) is 0 Å². The molecule has 0 radical (unpaired) electrons. The van der Waals surface area contributed by atoms with Gasteiger partial charge in [-0.2, -0.15) is 0 Å². The quantitative estimate of drug-likeness (QED) is 0.755. The summed E-state index contributed by atoms with van der Waals surface area (Å²) in [6.45, 7) is 0. The highest BCUT2D eigenvalue weighted by Gasteiger charge is 2.36. The minimum Gasteiger partial charge on any atom is -0.287 e. The molecule has 106 valence electrons. The van der Waals surface area contributed by atoms with Crippen molar-refractivity contribution in [3.05, 3.63) is 65.6 Å². The molecule has 0 N–H and O–H groups in total. The third-order valence-electron chi connectivity index (χ3n) is 3.33. The van der Waals surface area contributed by atoms with Gasteiger partial charge in [0.2, 0.25) is 5.78 Å². The summed E-state index contributed by atoms with van der Waals surface area (Å²) in [4.78, 5) is 16.5. The van der Waals surface area contributed by atoms with Crippen LogP contribution in [0.2, 0.25) is 0 Å². The molecule has 2 aromatic rings. The molecule has 0 spiro atoms. The molecule has 0 amide bonds. The monoisotopic (exact) mass is 300 g/mol. The zero-order valence-corrected chi connectivity index (χ0v) is 12.0. The zero-order valence-electron chi connectivity index (χ0n) is 11.2. The van der Waals surface area contributed by atoms with Gasteiger partial charge in [0.15, 0.2) is 0 Å². The van der Waals surface area contributed by atoms with Crippen molar-refractivity contribution in [3.63, 3.8) is 0 Å². The predicted octanol–water partition coefficient (Wildman–Crippen LogP) is 1.94. The Morgan fingerprint density at radius 2 is 1.90 bits per heavy atom. The Bertz CT molecular complexity index is 842. The van der Waals surface area contributed by atoms with Crippen molar-refractivity contribution in [2.45, 2.75) is 4.90 Å². The number of sulfonamides is 1. The second-order valence-corrected chi connectivity index (χ2v) is 6.55. The van der Waals surface area contributed by atoms with Crippen LogP contribution >= 0.6 is 0 Å². The summed E-state index contributed by atoms with van der Waals surface area (Å²) in [5.74, 6) is -0.313. The molecule has 6 heteroatoms. The molecule has 0 aliphatic carbocycles. The van der Waals surface area contributed by atoms with Gasteiger partial charge in [0.25, 0.3) is 10.0 Å². The molecule has 1 aliphatic heterocycles. The fourth-order valence-electron chi connectivity index (χ4n) is 2.21. The van der Waals surface area contributed by atoms with Crippen LogP contribution in [0, 0.1) is 0 Å². The number of hydrogen-bond donors (Lipinski definition) is 0.